The lowest BCUT2D eigenvalue weighted by Crippen LogP contribution is -2.05. The van der Waals surface area contributed by atoms with Gasteiger partial charge in [0.15, 0.2) is 0 Å². The van der Waals surface area contributed by atoms with Crippen molar-refractivity contribution < 1.29 is 0 Å². The molecule has 1 heterocycles. The van der Waals surface area contributed by atoms with Crippen LogP contribution in [0.25, 0.3) is 0 Å². The molecule has 0 aliphatic rings. The molecule has 22 heavy (non-hydrogen) atoms. The Hall–Kier alpha value is -0.920. The number of rotatable bonds is 13. The molecule has 0 fully saturated rings. The third-order valence-electron chi connectivity index (χ3n) is 4.60. The molecule has 126 valence electrons. The van der Waals surface area contributed by atoms with E-state index in [1.165, 1.54) is 82.7 Å². The van der Waals surface area contributed by atoms with Crippen molar-refractivity contribution in [2.75, 3.05) is 0 Å². The largest absolute Gasteiger partial charge is 0.258 e. The Kier molecular flexibility index (Phi) is 11.0. The van der Waals surface area contributed by atoms with Crippen molar-refractivity contribution in [1.82, 2.24) is 9.97 Å². The van der Waals surface area contributed by atoms with E-state index >= 15 is 0 Å². The zero-order chi connectivity index (χ0) is 16.0. The zero-order valence-electron chi connectivity index (χ0n) is 15.1. The van der Waals surface area contributed by atoms with Gasteiger partial charge in [-0.15, -0.1) is 0 Å². The van der Waals surface area contributed by atoms with Crippen LogP contribution in [-0.4, -0.2) is 9.97 Å². The summed E-state index contributed by atoms with van der Waals surface area (Å²) >= 11 is 0. The summed E-state index contributed by atoms with van der Waals surface area (Å²) in [5.74, 6) is 0.614. The van der Waals surface area contributed by atoms with E-state index in [1.807, 2.05) is 6.20 Å². The molecule has 0 aliphatic carbocycles. The Labute approximate surface area is 138 Å². The lowest BCUT2D eigenvalue weighted by Gasteiger charge is -2.17. The predicted molar refractivity (Wildman–Crippen MR) is 96.3 cm³/mol. The van der Waals surface area contributed by atoms with Gasteiger partial charge in [-0.05, 0) is 19.8 Å². The normalized spacial score (nSPS) is 12.5. The number of aryl methyl sites for hydroxylation is 1. The summed E-state index contributed by atoms with van der Waals surface area (Å²) in [5.41, 5.74) is 2.36. The maximum Gasteiger partial charge on any atom is 0.0646 e. The van der Waals surface area contributed by atoms with Gasteiger partial charge in [0.1, 0.15) is 0 Å². The molecule has 0 aromatic carbocycles. The first-order valence-electron chi connectivity index (χ1n) is 9.57. The Bertz CT molecular complexity index is 376. The van der Waals surface area contributed by atoms with Crippen LogP contribution in [0.3, 0.4) is 0 Å². The van der Waals surface area contributed by atoms with Crippen molar-refractivity contribution in [3.63, 3.8) is 0 Å². The number of unbranched alkanes of at least 4 members (excludes halogenated alkanes) is 8. The summed E-state index contributed by atoms with van der Waals surface area (Å²) < 4.78 is 0. The second-order valence-corrected chi connectivity index (χ2v) is 6.63. The van der Waals surface area contributed by atoms with Gasteiger partial charge in [-0.3, -0.25) is 9.97 Å². The topological polar surface area (TPSA) is 25.8 Å². The molecule has 1 rings (SSSR count). The van der Waals surface area contributed by atoms with Gasteiger partial charge in [0.05, 0.1) is 11.4 Å². The molecule has 0 aliphatic heterocycles. The molecule has 0 N–H and O–H groups in total. The average molecular weight is 305 g/mol. The average Bonchev–Trinajstić information content (AvgIpc) is 2.53. The van der Waals surface area contributed by atoms with E-state index < -0.39 is 0 Å². The lowest BCUT2D eigenvalue weighted by atomic mass is 9.91. The van der Waals surface area contributed by atoms with E-state index in [-0.39, 0.29) is 0 Å². The van der Waals surface area contributed by atoms with Crippen LogP contribution in [0, 0.1) is 6.92 Å². The Balaban J connectivity index is 2.19. The van der Waals surface area contributed by atoms with Gasteiger partial charge in [-0.1, -0.05) is 78.1 Å². The molecule has 1 aromatic heterocycles. The highest BCUT2D eigenvalue weighted by atomic mass is 14.8. The fourth-order valence-corrected chi connectivity index (χ4v) is 3.29. The van der Waals surface area contributed by atoms with E-state index in [2.05, 4.69) is 30.7 Å². The Morgan fingerprint density at radius 2 is 1.32 bits per heavy atom. The fraction of sp³-hybridized carbons (Fsp3) is 0.800. The van der Waals surface area contributed by atoms with Gasteiger partial charge in [-0.25, -0.2) is 0 Å². The highest BCUT2D eigenvalue weighted by molar-refractivity contribution is 5.13. The fourth-order valence-electron chi connectivity index (χ4n) is 3.29. The van der Waals surface area contributed by atoms with Crippen LogP contribution in [-0.2, 0) is 0 Å². The molecule has 1 aromatic rings. The van der Waals surface area contributed by atoms with Crippen LogP contribution < -0.4 is 0 Å². The van der Waals surface area contributed by atoms with Crippen molar-refractivity contribution in [1.29, 1.82) is 0 Å². The number of aromatic nitrogens is 2. The third-order valence-corrected chi connectivity index (χ3v) is 4.60. The van der Waals surface area contributed by atoms with Crippen LogP contribution in [0.2, 0.25) is 0 Å². The van der Waals surface area contributed by atoms with E-state index in [4.69, 9.17) is 0 Å². The first kappa shape index (κ1) is 19.1. The van der Waals surface area contributed by atoms with E-state index in [1.54, 1.807) is 6.20 Å². The molecule has 1 unspecified atom stereocenters. The number of hydrogen-bond acceptors (Lipinski definition) is 2. The molecule has 2 nitrogen and oxygen atoms in total. The summed E-state index contributed by atoms with van der Waals surface area (Å²) in [4.78, 5) is 9.00. The van der Waals surface area contributed by atoms with Crippen molar-refractivity contribution >= 4 is 0 Å². The monoisotopic (exact) mass is 304 g/mol. The summed E-state index contributed by atoms with van der Waals surface area (Å²) in [5, 5.41) is 0. The number of hydrogen-bond donors (Lipinski definition) is 0. The second-order valence-electron chi connectivity index (χ2n) is 6.63. The molecule has 2 heteroatoms. The molecule has 0 saturated heterocycles. The minimum absolute atomic E-state index is 0.614. The Morgan fingerprint density at radius 1 is 0.727 bits per heavy atom. The van der Waals surface area contributed by atoms with Crippen LogP contribution >= 0.6 is 0 Å². The van der Waals surface area contributed by atoms with Crippen molar-refractivity contribution in [3.8, 4) is 0 Å². The van der Waals surface area contributed by atoms with Gasteiger partial charge in [0.25, 0.3) is 0 Å². The lowest BCUT2D eigenvalue weighted by molar-refractivity contribution is 0.496. The summed E-state index contributed by atoms with van der Waals surface area (Å²) in [7, 11) is 0. The highest BCUT2D eigenvalue weighted by Crippen LogP contribution is 2.27. The smallest absolute Gasteiger partial charge is 0.0646 e. The summed E-state index contributed by atoms with van der Waals surface area (Å²) in [6, 6.07) is 0. The SMILES string of the molecule is CCCCCCCCCCCC(CCC)c1nccnc1C. The van der Waals surface area contributed by atoms with Crippen molar-refractivity contribution in [2.24, 2.45) is 0 Å². The van der Waals surface area contributed by atoms with Gasteiger partial charge in [0, 0.05) is 18.3 Å². The molecule has 0 radical (unpaired) electrons. The van der Waals surface area contributed by atoms with Gasteiger partial charge >= 0.3 is 0 Å². The highest BCUT2D eigenvalue weighted by Gasteiger charge is 2.14. The molecule has 0 amide bonds. The van der Waals surface area contributed by atoms with E-state index in [0.29, 0.717) is 5.92 Å². The molecule has 0 saturated carbocycles. The van der Waals surface area contributed by atoms with Gasteiger partial charge in [-0.2, -0.15) is 0 Å². The molecular formula is C20H36N2. The molecular weight excluding hydrogens is 268 g/mol. The maximum atomic E-state index is 4.59. The summed E-state index contributed by atoms with van der Waals surface area (Å²) in [6.45, 7) is 6.65. The standard InChI is InChI=1S/C20H36N2/c1-4-6-7-8-9-10-11-12-13-15-19(14-5-2)20-18(3)21-16-17-22-20/h16-17,19H,4-15H2,1-3H3. The van der Waals surface area contributed by atoms with E-state index in [9.17, 15) is 0 Å². The molecule has 0 bridgehead atoms. The second kappa shape index (κ2) is 12.6. The minimum Gasteiger partial charge on any atom is -0.258 e. The molecule has 1 atom stereocenters. The quantitative estimate of drug-likeness (QED) is 0.384. The van der Waals surface area contributed by atoms with Gasteiger partial charge in [0.2, 0.25) is 0 Å². The van der Waals surface area contributed by atoms with E-state index in [0.717, 1.165) is 5.69 Å². The van der Waals surface area contributed by atoms with Gasteiger partial charge < -0.3 is 0 Å². The summed E-state index contributed by atoms with van der Waals surface area (Å²) in [6.07, 6.45) is 20.0. The molecule has 0 spiro atoms. The number of nitrogens with zero attached hydrogens (tertiary/aromatic N) is 2. The van der Waals surface area contributed by atoms with Crippen LogP contribution in [0.1, 0.15) is 108 Å². The van der Waals surface area contributed by atoms with Crippen LogP contribution in [0.4, 0.5) is 0 Å². The zero-order valence-corrected chi connectivity index (χ0v) is 15.1. The first-order valence-corrected chi connectivity index (χ1v) is 9.57. The van der Waals surface area contributed by atoms with Crippen LogP contribution in [0.5, 0.6) is 0 Å². The van der Waals surface area contributed by atoms with Crippen LogP contribution in [0.15, 0.2) is 12.4 Å². The minimum atomic E-state index is 0.614. The predicted octanol–water partition coefficient (Wildman–Crippen LogP) is 6.59. The van der Waals surface area contributed by atoms with Crippen molar-refractivity contribution in [2.45, 2.75) is 104 Å². The van der Waals surface area contributed by atoms with Crippen molar-refractivity contribution in [3.05, 3.63) is 23.8 Å². The third kappa shape index (κ3) is 7.91. The first-order chi connectivity index (χ1) is 10.8. The maximum absolute atomic E-state index is 4.59. The Morgan fingerprint density at radius 3 is 1.91 bits per heavy atom.